The van der Waals surface area contributed by atoms with Crippen molar-refractivity contribution >= 4 is 0 Å². The Bertz CT molecular complexity index is 738. The Kier molecular flexibility index (Phi) is 5.04. The van der Waals surface area contributed by atoms with Crippen molar-refractivity contribution in [2.24, 2.45) is 0 Å². The predicted octanol–water partition coefficient (Wildman–Crippen LogP) is 5.73. The van der Waals surface area contributed by atoms with Gasteiger partial charge >= 0.3 is 0 Å². The second-order valence-electron chi connectivity index (χ2n) is 8.31. The van der Waals surface area contributed by atoms with Crippen molar-refractivity contribution in [3.05, 3.63) is 64.7 Å². The van der Waals surface area contributed by atoms with Crippen LogP contribution in [0.25, 0.3) is 0 Å². The van der Waals surface area contributed by atoms with Gasteiger partial charge in [0.15, 0.2) is 0 Å². The number of rotatable bonds is 3. The zero-order valence-corrected chi connectivity index (χ0v) is 15.6. The number of nitriles is 1. The summed E-state index contributed by atoms with van der Waals surface area (Å²) >= 11 is 0. The van der Waals surface area contributed by atoms with E-state index in [0.717, 1.165) is 11.3 Å². The summed E-state index contributed by atoms with van der Waals surface area (Å²) in [7, 11) is 0. The Morgan fingerprint density at radius 1 is 0.875 bits per heavy atom. The van der Waals surface area contributed by atoms with Crippen LogP contribution in [0.1, 0.15) is 63.8 Å². The minimum atomic E-state index is 0.0151. The highest BCUT2D eigenvalue weighted by molar-refractivity contribution is 5.43. The fourth-order valence-electron chi connectivity index (χ4n) is 2.55. The molecular formula is C22H27NO. The molecule has 0 aromatic heterocycles. The monoisotopic (exact) mass is 321 g/mol. The highest BCUT2D eigenvalue weighted by Gasteiger charge is 2.23. The molecule has 0 radical (unpaired) electrons. The zero-order valence-electron chi connectivity index (χ0n) is 15.6. The highest BCUT2D eigenvalue weighted by Crippen LogP contribution is 2.35. The van der Waals surface area contributed by atoms with Crippen LogP contribution >= 0.6 is 0 Å². The van der Waals surface area contributed by atoms with Crippen LogP contribution in [0.5, 0.6) is 5.75 Å². The van der Waals surface area contributed by atoms with Gasteiger partial charge in [-0.25, -0.2) is 0 Å². The predicted molar refractivity (Wildman–Crippen MR) is 99.3 cm³/mol. The normalized spacial score (nSPS) is 11.9. The zero-order chi connectivity index (χ0) is 18.0. The van der Waals surface area contributed by atoms with Crippen molar-refractivity contribution < 1.29 is 4.74 Å². The minimum absolute atomic E-state index is 0.0151. The molecule has 0 N–H and O–H groups in total. The van der Waals surface area contributed by atoms with E-state index in [0.29, 0.717) is 12.2 Å². The molecule has 0 aliphatic heterocycles. The first-order chi connectivity index (χ1) is 11.1. The molecule has 0 saturated heterocycles. The molecule has 2 heteroatoms. The maximum absolute atomic E-state index is 8.87. The van der Waals surface area contributed by atoms with Gasteiger partial charge in [0.25, 0.3) is 0 Å². The molecule has 24 heavy (non-hydrogen) atoms. The van der Waals surface area contributed by atoms with Gasteiger partial charge in [-0.3, -0.25) is 0 Å². The Labute approximate surface area is 146 Å². The molecule has 0 bridgehead atoms. The lowest BCUT2D eigenvalue weighted by Gasteiger charge is -2.27. The first-order valence-electron chi connectivity index (χ1n) is 8.38. The molecule has 0 unspecified atom stereocenters. The molecule has 0 aliphatic rings. The van der Waals surface area contributed by atoms with Gasteiger partial charge in [-0.05, 0) is 45.7 Å². The summed E-state index contributed by atoms with van der Waals surface area (Å²) in [6, 6.07) is 16.2. The van der Waals surface area contributed by atoms with Crippen molar-refractivity contribution in [3.63, 3.8) is 0 Å². The second-order valence-corrected chi connectivity index (χ2v) is 8.31. The summed E-state index contributed by atoms with van der Waals surface area (Å²) in [5, 5.41) is 8.87. The van der Waals surface area contributed by atoms with Gasteiger partial charge in [0.1, 0.15) is 12.4 Å². The van der Waals surface area contributed by atoms with Gasteiger partial charge in [-0.15, -0.1) is 0 Å². The molecule has 0 aliphatic carbocycles. The van der Waals surface area contributed by atoms with Crippen molar-refractivity contribution in [2.45, 2.75) is 59.0 Å². The van der Waals surface area contributed by atoms with Crippen molar-refractivity contribution in [1.29, 1.82) is 5.26 Å². The van der Waals surface area contributed by atoms with Crippen molar-refractivity contribution in [2.75, 3.05) is 0 Å². The third-order valence-electron chi connectivity index (χ3n) is 4.13. The van der Waals surface area contributed by atoms with Crippen LogP contribution in [-0.4, -0.2) is 0 Å². The lowest BCUT2D eigenvalue weighted by molar-refractivity contribution is 0.297. The molecule has 0 spiro atoms. The van der Waals surface area contributed by atoms with Crippen LogP contribution in [0.15, 0.2) is 42.5 Å². The molecule has 0 amide bonds. The number of benzene rings is 2. The van der Waals surface area contributed by atoms with Gasteiger partial charge < -0.3 is 4.74 Å². The third-order valence-corrected chi connectivity index (χ3v) is 4.13. The molecule has 0 saturated carbocycles. The van der Waals surface area contributed by atoms with E-state index in [1.165, 1.54) is 11.1 Å². The van der Waals surface area contributed by atoms with Crippen LogP contribution in [0.4, 0.5) is 0 Å². The van der Waals surface area contributed by atoms with E-state index >= 15 is 0 Å². The summed E-state index contributed by atoms with van der Waals surface area (Å²) in [5.41, 5.74) is 4.41. The highest BCUT2D eigenvalue weighted by atomic mass is 16.5. The first-order valence-corrected chi connectivity index (χ1v) is 8.38. The fourth-order valence-corrected chi connectivity index (χ4v) is 2.55. The van der Waals surface area contributed by atoms with E-state index in [-0.39, 0.29) is 10.8 Å². The molecule has 0 heterocycles. The van der Waals surface area contributed by atoms with Gasteiger partial charge in [-0.2, -0.15) is 5.26 Å². The Hall–Kier alpha value is -2.27. The fraction of sp³-hybridized carbons (Fsp3) is 0.409. The summed E-state index contributed by atoms with van der Waals surface area (Å²) < 4.78 is 6.11. The van der Waals surface area contributed by atoms with Gasteiger partial charge in [-0.1, -0.05) is 65.8 Å². The first kappa shape index (κ1) is 18.1. The van der Waals surface area contributed by atoms with Crippen LogP contribution in [0, 0.1) is 11.3 Å². The van der Waals surface area contributed by atoms with Gasteiger partial charge in [0, 0.05) is 0 Å². The molecule has 2 aromatic carbocycles. The van der Waals surface area contributed by atoms with Crippen LogP contribution in [0.2, 0.25) is 0 Å². The third kappa shape index (κ3) is 4.38. The maximum atomic E-state index is 8.87. The summed E-state index contributed by atoms with van der Waals surface area (Å²) in [6.45, 7) is 13.8. The lowest BCUT2D eigenvalue weighted by Crippen LogP contribution is -2.17. The maximum Gasteiger partial charge on any atom is 0.123 e. The number of hydrogen-bond donors (Lipinski definition) is 0. The molecule has 0 fully saturated rings. The van der Waals surface area contributed by atoms with E-state index in [1.807, 2.05) is 24.3 Å². The molecule has 0 atom stereocenters. The summed E-state index contributed by atoms with van der Waals surface area (Å²) in [6.07, 6.45) is 0. The Morgan fingerprint density at radius 3 is 2.00 bits per heavy atom. The van der Waals surface area contributed by atoms with E-state index in [2.05, 4.69) is 65.8 Å². The van der Waals surface area contributed by atoms with E-state index in [1.54, 1.807) is 0 Å². The largest absolute Gasteiger partial charge is 0.489 e. The molecule has 2 nitrogen and oxygen atoms in total. The van der Waals surface area contributed by atoms with E-state index in [4.69, 9.17) is 10.00 Å². The molecule has 126 valence electrons. The number of ether oxygens (including phenoxy) is 1. The Balaban J connectivity index is 2.27. The summed E-state index contributed by atoms with van der Waals surface area (Å²) in [5.74, 6) is 0.930. The molecule has 2 rings (SSSR count). The van der Waals surface area contributed by atoms with E-state index < -0.39 is 0 Å². The quantitative estimate of drug-likeness (QED) is 0.723. The van der Waals surface area contributed by atoms with Gasteiger partial charge in [0.2, 0.25) is 0 Å². The van der Waals surface area contributed by atoms with Crippen molar-refractivity contribution in [3.8, 4) is 11.8 Å². The topological polar surface area (TPSA) is 33.0 Å². The SMILES string of the molecule is CC(C)(C)c1ccc(OCc2ccc(C#N)cc2)c(C(C)(C)C)c1. The van der Waals surface area contributed by atoms with Crippen molar-refractivity contribution in [1.82, 2.24) is 0 Å². The average molecular weight is 321 g/mol. The number of hydrogen-bond acceptors (Lipinski definition) is 2. The molecule has 2 aromatic rings. The van der Waals surface area contributed by atoms with E-state index in [9.17, 15) is 0 Å². The smallest absolute Gasteiger partial charge is 0.123 e. The van der Waals surface area contributed by atoms with Gasteiger partial charge in [0.05, 0.1) is 11.6 Å². The van der Waals surface area contributed by atoms with Crippen LogP contribution in [0.3, 0.4) is 0 Å². The minimum Gasteiger partial charge on any atom is -0.489 e. The van der Waals surface area contributed by atoms with Crippen LogP contribution in [-0.2, 0) is 17.4 Å². The Morgan fingerprint density at radius 2 is 1.50 bits per heavy atom. The lowest BCUT2D eigenvalue weighted by atomic mass is 9.80. The number of nitrogens with zero attached hydrogens (tertiary/aromatic N) is 1. The van der Waals surface area contributed by atoms with Crippen LogP contribution < -0.4 is 4.74 Å². The second kappa shape index (κ2) is 6.69. The average Bonchev–Trinajstić information content (AvgIpc) is 2.51. The summed E-state index contributed by atoms with van der Waals surface area (Å²) in [4.78, 5) is 0. The standard InChI is InChI=1S/C22H27NO/c1-21(2,3)18-11-12-20(19(13-18)22(4,5)6)24-15-17-9-7-16(14-23)8-10-17/h7-13H,15H2,1-6H3. The molecular weight excluding hydrogens is 294 g/mol.